The van der Waals surface area contributed by atoms with Crippen LogP contribution in [0.4, 0.5) is 0 Å². The molecule has 2 aliphatic rings. The van der Waals surface area contributed by atoms with Crippen molar-refractivity contribution >= 4 is 5.91 Å². The molecule has 6 heteroatoms. The standard InChI is InChI=1S/C26H29N3O3/c1-3-15-32-21-10-6-7-18(16-21)25-22-23(17-11-13-20(31-2)14-12-17)27-28-24(22)26(30)29(25)19-8-4-5-9-19/h6-7,10-14,16,19,25H,3-5,8-9,15H2,1-2H3,(H,27,28). The van der Waals surface area contributed by atoms with E-state index in [1.165, 1.54) is 12.8 Å². The number of aromatic amines is 1. The van der Waals surface area contributed by atoms with Crippen LogP contribution in [0.3, 0.4) is 0 Å². The molecule has 5 rings (SSSR count). The Morgan fingerprint density at radius 3 is 2.59 bits per heavy atom. The van der Waals surface area contributed by atoms with Crippen molar-refractivity contribution in [3.05, 3.63) is 65.4 Å². The predicted octanol–water partition coefficient (Wildman–Crippen LogP) is 5.36. The number of benzene rings is 2. The Kier molecular flexibility index (Phi) is 5.60. The number of hydrogen-bond donors (Lipinski definition) is 1. The summed E-state index contributed by atoms with van der Waals surface area (Å²) >= 11 is 0. The molecule has 3 aromatic rings. The third-order valence-corrected chi connectivity index (χ3v) is 6.53. The lowest BCUT2D eigenvalue weighted by Gasteiger charge is -2.32. The van der Waals surface area contributed by atoms with Gasteiger partial charge in [-0.3, -0.25) is 9.89 Å². The average molecular weight is 432 g/mol. The Hall–Kier alpha value is -3.28. The maximum atomic E-state index is 13.6. The van der Waals surface area contributed by atoms with Gasteiger partial charge in [-0.05, 0) is 61.2 Å². The van der Waals surface area contributed by atoms with Crippen molar-refractivity contribution < 1.29 is 14.3 Å². The second-order valence-corrected chi connectivity index (χ2v) is 8.56. The van der Waals surface area contributed by atoms with Crippen molar-refractivity contribution in [3.8, 4) is 22.8 Å². The molecule has 1 unspecified atom stereocenters. The molecule has 1 aliphatic heterocycles. The van der Waals surface area contributed by atoms with Gasteiger partial charge < -0.3 is 14.4 Å². The van der Waals surface area contributed by atoms with Crippen LogP contribution in [-0.4, -0.2) is 40.8 Å². The molecule has 166 valence electrons. The van der Waals surface area contributed by atoms with Crippen LogP contribution in [-0.2, 0) is 0 Å². The van der Waals surface area contributed by atoms with Gasteiger partial charge in [0, 0.05) is 17.2 Å². The summed E-state index contributed by atoms with van der Waals surface area (Å²) in [7, 11) is 1.66. The summed E-state index contributed by atoms with van der Waals surface area (Å²) in [5.74, 6) is 1.68. The van der Waals surface area contributed by atoms with Gasteiger partial charge in [0.05, 0.1) is 25.5 Å². The van der Waals surface area contributed by atoms with Crippen molar-refractivity contribution in [2.75, 3.05) is 13.7 Å². The molecule has 0 spiro atoms. The molecule has 1 aliphatic carbocycles. The van der Waals surface area contributed by atoms with Gasteiger partial charge in [-0.15, -0.1) is 0 Å². The van der Waals surface area contributed by atoms with Gasteiger partial charge in [0.25, 0.3) is 5.91 Å². The van der Waals surface area contributed by atoms with E-state index in [0.717, 1.165) is 53.1 Å². The fraction of sp³-hybridized carbons (Fsp3) is 0.385. The molecule has 2 aromatic carbocycles. The van der Waals surface area contributed by atoms with E-state index in [2.05, 4.69) is 34.2 Å². The summed E-state index contributed by atoms with van der Waals surface area (Å²) in [6.07, 6.45) is 5.37. The van der Waals surface area contributed by atoms with Crippen LogP contribution in [0.25, 0.3) is 11.3 Å². The number of carbonyl (C=O) groups is 1. The highest BCUT2D eigenvalue weighted by Gasteiger charge is 2.45. The Bertz CT molecular complexity index is 1100. The molecule has 0 saturated heterocycles. The Labute approximate surface area is 188 Å². The molecule has 1 fully saturated rings. The summed E-state index contributed by atoms with van der Waals surface area (Å²) in [5, 5.41) is 7.64. The highest BCUT2D eigenvalue weighted by Crippen LogP contribution is 2.46. The van der Waals surface area contributed by atoms with Gasteiger partial charge in [-0.25, -0.2) is 0 Å². The minimum atomic E-state index is -0.179. The molecule has 2 heterocycles. The number of methoxy groups -OCH3 is 1. The van der Waals surface area contributed by atoms with Crippen LogP contribution in [0.1, 0.15) is 66.7 Å². The minimum absolute atomic E-state index is 0.0454. The highest BCUT2D eigenvalue weighted by atomic mass is 16.5. The third kappa shape index (κ3) is 3.53. The van der Waals surface area contributed by atoms with Crippen LogP contribution >= 0.6 is 0 Å². The van der Waals surface area contributed by atoms with E-state index in [0.29, 0.717) is 12.3 Å². The van der Waals surface area contributed by atoms with Crippen molar-refractivity contribution in [1.82, 2.24) is 15.1 Å². The van der Waals surface area contributed by atoms with Crippen molar-refractivity contribution in [2.24, 2.45) is 0 Å². The number of aromatic nitrogens is 2. The average Bonchev–Trinajstić information content (AvgIpc) is 3.56. The SMILES string of the molecule is CCCOc1cccc(C2c3c(-c4ccc(OC)cc4)n[nH]c3C(=O)N2C2CCCC2)c1. The van der Waals surface area contributed by atoms with Gasteiger partial charge >= 0.3 is 0 Å². The van der Waals surface area contributed by atoms with Gasteiger partial charge in [-0.2, -0.15) is 5.10 Å². The monoisotopic (exact) mass is 431 g/mol. The van der Waals surface area contributed by atoms with Crippen LogP contribution in [0.5, 0.6) is 11.5 Å². The quantitative estimate of drug-likeness (QED) is 0.547. The first-order valence-corrected chi connectivity index (χ1v) is 11.5. The van der Waals surface area contributed by atoms with E-state index in [9.17, 15) is 4.79 Å². The minimum Gasteiger partial charge on any atom is -0.497 e. The Morgan fingerprint density at radius 2 is 1.88 bits per heavy atom. The lowest BCUT2D eigenvalue weighted by atomic mass is 9.95. The zero-order valence-corrected chi connectivity index (χ0v) is 18.6. The number of amides is 1. The Morgan fingerprint density at radius 1 is 1.09 bits per heavy atom. The third-order valence-electron chi connectivity index (χ3n) is 6.53. The fourth-order valence-electron chi connectivity index (χ4n) is 5.01. The van der Waals surface area contributed by atoms with E-state index in [4.69, 9.17) is 9.47 Å². The number of nitrogens with one attached hydrogen (secondary N) is 1. The highest BCUT2D eigenvalue weighted by molar-refractivity contribution is 6.00. The van der Waals surface area contributed by atoms with Gasteiger partial charge in [0.2, 0.25) is 0 Å². The molecule has 1 saturated carbocycles. The van der Waals surface area contributed by atoms with Crippen LogP contribution in [0.2, 0.25) is 0 Å². The summed E-state index contributed by atoms with van der Waals surface area (Å²) < 4.78 is 11.2. The molecule has 0 bridgehead atoms. The molecule has 1 N–H and O–H groups in total. The van der Waals surface area contributed by atoms with Gasteiger partial charge in [0.1, 0.15) is 17.2 Å². The first-order chi connectivity index (χ1) is 15.7. The van der Waals surface area contributed by atoms with E-state index in [1.54, 1.807) is 7.11 Å². The lowest BCUT2D eigenvalue weighted by molar-refractivity contribution is 0.0660. The van der Waals surface area contributed by atoms with Crippen molar-refractivity contribution in [1.29, 1.82) is 0 Å². The number of H-pyrrole nitrogens is 1. The van der Waals surface area contributed by atoms with Crippen LogP contribution < -0.4 is 9.47 Å². The van der Waals surface area contributed by atoms with Crippen LogP contribution in [0.15, 0.2) is 48.5 Å². The van der Waals surface area contributed by atoms with Gasteiger partial charge in [-0.1, -0.05) is 31.9 Å². The Balaban J connectivity index is 1.61. The summed E-state index contributed by atoms with van der Waals surface area (Å²) in [6.45, 7) is 2.77. The zero-order valence-electron chi connectivity index (χ0n) is 18.6. The number of hydrogen-bond acceptors (Lipinski definition) is 4. The zero-order chi connectivity index (χ0) is 22.1. The normalized spacial score (nSPS) is 18.2. The molecule has 0 radical (unpaired) electrons. The van der Waals surface area contributed by atoms with E-state index < -0.39 is 0 Å². The van der Waals surface area contributed by atoms with E-state index in [-0.39, 0.29) is 18.0 Å². The fourth-order valence-corrected chi connectivity index (χ4v) is 5.01. The summed E-state index contributed by atoms with van der Waals surface area (Å²) in [6, 6.07) is 16.1. The molecule has 1 aromatic heterocycles. The smallest absolute Gasteiger partial charge is 0.273 e. The number of fused-ring (bicyclic) bond motifs is 1. The number of carbonyl (C=O) groups excluding carboxylic acids is 1. The molecule has 1 amide bonds. The van der Waals surface area contributed by atoms with Crippen LogP contribution in [0, 0.1) is 0 Å². The topological polar surface area (TPSA) is 67.5 Å². The van der Waals surface area contributed by atoms with Crippen molar-refractivity contribution in [3.63, 3.8) is 0 Å². The maximum Gasteiger partial charge on any atom is 0.273 e. The number of ether oxygens (including phenoxy) is 2. The number of rotatable bonds is 7. The molecular weight excluding hydrogens is 402 g/mol. The number of nitrogens with zero attached hydrogens (tertiary/aromatic N) is 2. The van der Waals surface area contributed by atoms with E-state index in [1.807, 2.05) is 36.4 Å². The first-order valence-electron chi connectivity index (χ1n) is 11.5. The van der Waals surface area contributed by atoms with E-state index >= 15 is 0 Å². The molecule has 1 atom stereocenters. The van der Waals surface area contributed by atoms with Gasteiger partial charge in [0.15, 0.2) is 0 Å². The molecule has 32 heavy (non-hydrogen) atoms. The lowest BCUT2D eigenvalue weighted by Crippen LogP contribution is -2.37. The summed E-state index contributed by atoms with van der Waals surface area (Å²) in [5.41, 5.74) is 4.41. The predicted molar refractivity (Wildman–Crippen MR) is 123 cm³/mol. The first kappa shape index (κ1) is 20.6. The molecular formula is C26H29N3O3. The maximum absolute atomic E-state index is 13.6. The molecule has 6 nitrogen and oxygen atoms in total. The van der Waals surface area contributed by atoms with Crippen molar-refractivity contribution in [2.45, 2.75) is 51.1 Å². The second kappa shape index (κ2) is 8.69. The summed E-state index contributed by atoms with van der Waals surface area (Å²) in [4.78, 5) is 15.7. The second-order valence-electron chi connectivity index (χ2n) is 8.56. The largest absolute Gasteiger partial charge is 0.497 e.